The van der Waals surface area contributed by atoms with Crippen molar-refractivity contribution in [3.05, 3.63) is 82.4 Å². The van der Waals surface area contributed by atoms with E-state index in [0.29, 0.717) is 6.04 Å². The van der Waals surface area contributed by atoms with E-state index in [4.69, 9.17) is 17.2 Å². The number of pyridine rings is 1. The van der Waals surface area contributed by atoms with Crippen molar-refractivity contribution in [2.75, 3.05) is 0 Å². The van der Waals surface area contributed by atoms with E-state index < -0.39 is 0 Å². The fourth-order valence-electron chi connectivity index (χ4n) is 5.84. The normalized spacial score (nSPS) is 21.4. The minimum Gasteiger partial charge on any atom is -0.352 e. The molecule has 166 valence electrons. The lowest BCUT2D eigenvalue weighted by Crippen LogP contribution is -2.37. The molecule has 0 radical (unpaired) electrons. The molecule has 0 amide bonds. The van der Waals surface area contributed by atoms with E-state index in [-0.39, 0.29) is 12.1 Å². The first-order valence-electron chi connectivity index (χ1n) is 11.7. The van der Waals surface area contributed by atoms with Gasteiger partial charge in [0.1, 0.15) is 0 Å². The third-order valence-electron chi connectivity index (χ3n) is 7.11. The fraction of sp³-hybridized carbons (Fsp3) is 0.407. The Morgan fingerprint density at radius 3 is 2.34 bits per heavy atom. The van der Waals surface area contributed by atoms with Crippen molar-refractivity contribution in [2.45, 2.75) is 71.5 Å². The van der Waals surface area contributed by atoms with Crippen LogP contribution >= 0.6 is 12.2 Å². The van der Waals surface area contributed by atoms with Gasteiger partial charge in [-0.1, -0.05) is 25.0 Å². The van der Waals surface area contributed by atoms with E-state index in [1.54, 1.807) is 0 Å². The summed E-state index contributed by atoms with van der Waals surface area (Å²) in [5, 5.41) is 4.51. The predicted molar refractivity (Wildman–Crippen MR) is 134 cm³/mol. The maximum Gasteiger partial charge on any atom is 0.170 e. The van der Waals surface area contributed by atoms with Gasteiger partial charge in [-0.15, -0.1) is 0 Å². The van der Waals surface area contributed by atoms with E-state index in [2.05, 4.69) is 78.9 Å². The SMILES string of the molecule is Cc1cc(C)cc(-n2c(C)cc([C@@H]3[C@H](c4ccccn4)NC(=S)N3C3CCCC3)c2C)c1. The highest BCUT2D eigenvalue weighted by atomic mass is 32.1. The average molecular weight is 445 g/mol. The Hall–Kier alpha value is -2.66. The molecule has 1 aromatic carbocycles. The van der Waals surface area contributed by atoms with Crippen molar-refractivity contribution in [1.29, 1.82) is 0 Å². The van der Waals surface area contributed by atoms with Crippen LogP contribution in [0.2, 0.25) is 0 Å². The monoisotopic (exact) mass is 444 g/mol. The average Bonchev–Trinajstić information content (AvgIpc) is 3.45. The number of nitrogens with one attached hydrogen (secondary N) is 1. The van der Waals surface area contributed by atoms with Gasteiger partial charge >= 0.3 is 0 Å². The van der Waals surface area contributed by atoms with Gasteiger partial charge in [0, 0.05) is 29.3 Å². The molecule has 1 saturated heterocycles. The zero-order chi connectivity index (χ0) is 22.4. The first kappa shape index (κ1) is 21.2. The van der Waals surface area contributed by atoms with Gasteiger partial charge < -0.3 is 14.8 Å². The Labute approximate surface area is 196 Å². The minimum absolute atomic E-state index is 0.0532. The van der Waals surface area contributed by atoms with Crippen molar-refractivity contribution in [2.24, 2.45) is 0 Å². The van der Waals surface area contributed by atoms with Crippen LogP contribution in [0.25, 0.3) is 5.69 Å². The molecule has 1 N–H and O–H groups in total. The lowest BCUT2D eigenvalue weighted by Gasteiger charge is -2.33. The third-order valence-corrected chi connectivity index (χ3v) is 7.44. The number of rotatable bonds is 4. The summed E-state index contributed by atoms with van der Waals surface area (Å²) in [6.45, 7) is 8.81. The standard InChI is InChI=1S/C27H32N4S/c1-17-13-18(2)15-22(14-17)30-19(3)16-23(20(30)4)26-25(24-11-7-8-12-28-24)29-27(32)31(26)21-9-5-6-10-21/h7-8,11-16,21,25-26H,5-6,9-10H2,1-4H3,(H,29,32)/t25-,26+/m0/s1. The van der Waals surface area contributed by atoms with E-state index in [1.165, 1.54) is 59.4 Å². The fourth-order valence-corrected chi connectivity index (χ4v) is 6.23. The first-order valence-corrected chi connectivity index (χ1v) is 12.1. The van der Waals surface area contributed by atoms with Gasteiger partial charge in [0.15, 0.2) is 5.11 Å². The molecule has 3 heterocycles. The van der Waals surface area contributed by atoms with Crippen LogP contribution < -0.4 is 5.32 Å². The van der Waals surface area contributed by atoms with Crippen molar-refractivity contribution >= 4 is 17.3 Å². The van der Waals surface area contributed by atoms with Crippen LogP contribution in [0.5, 0.6) is 0 Å². The highest BCUT2D eigenvalue weighted by Crippen LogP contribution is 2.44. The zero-order valence-electron chi connectivity index (χ0n) is 19.4. The van der Waals surface area contributed by atoms with Crippen LogP contribution in [0.3, 0.4) is 0 Å². The molecule has 2 aromatic heterocycles. The van der Waals surface area contributed by atoms with Gasteiger partial charge in [-0.2, -0.15) is 0 Å². The molecule has 5 rings (SSSR count). The lowest BCUT2D eigenvalue weighted by atomic mass is 9.95. The summed E-state index contributed by atoms with van der Waals surface area (Å²) in [5.74, 6) is 0. The summed E-state index contributed by atoms with van der Waals surface area (Å²) in [5.41, 5.74) is 8.75. The molecule has 5 heteroatoms. The molecule has 2 aliphatic rings. The van der Waals surface area contributed by atoms with Gasteiger partial charge in [-0.3, -0.25) is 4.98 Å². The third kappa shape index (κ3) is 3.62. The smallest absolute Gasteiger partial charge is 0.170 e. The summed E-state index contributed by atoms with van der Waals surface area (Å²) in [4.78, 5) is 7.21. The molecule has 2 atom stereocenters. The number of thiocarbonyl (C=S) groups is 1. The predicted octanol–water partition coefficient (Wildman–Crippen LogP) is 6.02. The molecule has 32 heavy (non-hydrogen) atoms. The van der Waals surface area contributed by atoms with Gasteiger partial charge in [0.2, 0.25) is 0 Å². The number of benzene rings is 1. The summed E-state index contributed by atoms with van der Waals surface area (Å²) in [6.07, 6.45) is 6.87. The summed E-state index contributed by atoms with van der Waals surface area (Å²) < 4.78 is 2.40. The largest absolute Gasteiger partial charge is 0.352 e. The second kappa shape index (κ2) is 8.36. The molecule has 2 fully saturated rings. The Kier molecular flexibility index (Phi) is 5.54. The number of hydrogen-bond acceptors (Lipinski definition) is 2. The van der Waals surface area contributed by atoms with E-state index >= 15 is 0 Å². The van der Waals surface area contributed by atoms with Crippen molar-refractivity contribution in [3.63, 3.8) is 0 Å². The summed E-state index contributed by atoms with van der Waals surface area (Å²) >= 11 is 5.92. The van der Waals surface area contributed by atoms with Gasteiger partial charge in [0.05, 0.1) is 17.8 Å². The van der Waals surface area contributed by atoms with Crippen LogP contribution in [-0.4, -0.2) is 25.6 Å². The maximum absolute atomic E-state index is 5.92. The van der Waals surface area contributed by atoms with Gasteiger partial charge in [0.25, 0.3) is 0 Å². The van der Waals surface area contributed by atoms with Crippen molar-refractivity contribution < 1.29 is 0 Å². The van der Waals surface area contributed by atoms with Crippen LogP contribution in [-0.2, 0) is 0 Å². The number of hydrogen-bond donors (Lipinski definition) is 1. The first-order chi connectivity index (χ1) is 15.4. The molecule has 0 spiro atoms. The molecule has 0 bridgehead atoms. The van der Waals surface area contributed by atoms with E-state index in [1.807, 2.05) is 12.3 Å². The van der Waals surface area contributed by atoms with Crippen LogP contribution in [0, 0.1) is 27.7 Å². The van der Waals surface area contributed by atoms with Crippen molar-refractivity contribution in [1.82, 2.24) is 19.8 Å². The lowest BCUT2D eigenvalue weighted by molar-refractivity contribution is 0.245. The quantitative estimate of drug-likeness (QED) is 0.499. The highest BCUT2D eigenvalue weighted by molar-refractivity contribution is 7.80. The Balaban J connectivity index is 1.64. The molecule has 1 saturated carbocycles. The molecule has 4 nitrogen and oxygen atoms in total. The Morgan fingerprint density at radius 2 is 1.69 bits per heavy atom. The molecule has 0 unspecified atom stereocenters. The van der Waals surface area contributed by atoms with E-state index in [9.17, 15) is 0 Å². The Bertz CT molecular complexity index is 1120. The molecular formula is C27H32N4S. The second-order valence-electron chi connectivity index (χ2n) is 9.48. The van der Waals surface area contributed by atoms with Gasteiger partial charge in [-0.25, -0.2) is 0 Å². The number of aryl methyl sites for hydroxylation is 3. The second-order valence-corrected chi connectivity index (χ2v) is 9.87. The summed E-state index contributed by atoms with van der Waals surface area (Å²) in [6, 6.07) is 16.0. The summed E-state index contributed by atoms with van der Waals surface area (Å²) in [7, 11) is 0. The van der Waals surface area contributed by atoms with E-state index in [0.717, 1.165) is 10.8 Å². The Morgan fingerprint density at radius 1 is 0.969 bits per heavy atom. The van der Waals surface area contributed by atoms with Gasteiger partial charge in [-0.05, 0) is 99.8 Å². The van der Waals surface area contributed by atoms with Crippen LogP contribution in [0.4, 0.5) is 0 Å². The number of nitrogens with zero attached hydrogens (tertiary/aromatic N) is 3. The minimum atomic E-state index is 0.0532. The molecular weight excluding hydrogens is 412 g/mol. The highest BCUT2D eigenvalue weighted by Gasteiger charge is 2.44. The molecule has 1 aliphatic heterocycles. The van der Waals surface area contributed by atoms with Crippen LogP contribution in [0.1, 0.15) is 71.5 Å². The molecule has 3 aromatic rings. The molecule has 1 aliphatic carbocycles. The topological polar surface area (TPSA) is 33.1 Å². The zero-order valence-corrected chi connectivity index (χ0v) is 20.2. The number of aromatic nitrogens is 2. The maximum atomic E-state index is 5.92. The van der Waals surface area contributed by atoms with Crippen molar-refractivity contribution in [3.8, 4) is 5.69 Å². The van der Waals surface area contributed by atoms with Crippen LogP contribution in [0.15, 0.2) is 48.7 Å².